The number of amides is 1. The van der Waals surface area contributed by atoms with Gasteiger partial charge < -0.3 is 14.4 Å². The normalized spacial score (nSPS) is 15.7. The lowest BCUT2D eigenvalue weighted by atomic mass is 10.1. The molecular formula is C30H36FN3O7S2. The highest BCUT2D eigenvalue weighted by Crippen LogP contribution is 2.34. The molecule has 1 amide bonds. The van der Waals surface area contributed by atoms with E-state index in [1.807, 2.05) is 0 Å². The van der Waals surface area contributed by atoms with Crippen molar-refractivity contribution in [1.29, 1.82) is 0 Å². The third kappa shape index (κ3) is 7.50. The Labute approximate surface area is 251 Å². The molecule has 2 fully saturated rings. The summed E-state index contributed by atoms with van der Waals surface area (Å²) in [7, 11) is -6.47. The van der Waals surface area contributed by atoms with Gasteiger partial charge in [0.1, 0.15) is 17.2 Å². The third-order valence-corrected chi connectivity index (χ3v) is 10.5. The molecule has 13 heteroatoms. The predicted molar refractivity (Wildman–Crippen MR) is 160 cm³/mol. The number of anilines is 1. The molecule has 10 nitrogen and oxygen atoms in total. The number of aromatic nitrogens is 1. The molecule has 1 heterocycles. The highest BCUT2D eigenvalue weighted by atomic mass is 32.2. The van der Waals surface area contributed by atoms with Crippen LogP contribution in [-0.4, -0.2) is 56.3 Å². The molecule has 0 atom stereocenters. The smallest absolute Gasteiger partial charge is 0.410 e. The maximum absolute atomic E-state index is 15.5. The second-order valence-electron chi connectivity index (χ2n) is 12.1. The van der Waals surface area contributed by atoms with Crippen LogP contribution < -0.4 is 9.46 Å². The number of ether oxygens (including phenoxy) is 2. The number of benzene rings is 2. The molecule has 0 saturated heterocycles. The highest BCUT2D eigenvalue weighted by Gasteiger charge is 2.36. The fourth-order valence-electron chi connectivity index (χ4n) is 4.41. The minimum absolute atomic E-state index is 0.0131. The standard InChI is InChI=1S/C30H36FN3O7S2/c1-30(2,3)41-29(35)33(4)17-21-14-28(26-13-10-23(16-27(26)31)40-19-20-8-9-20)34(18-21)43(38,39)25-7-5-6-22(15-25)32-42(36,37)24-11-12-24/h5-7,10,13-16,18,20,24,32H,8-9,11-12,17,19H2,1-4H3. The van der Waals surface area contributed by atoms with E-state index in [-0.39, 0.29) is 28.4 Å². The fraction of sp³-hybridized carbons (Fsp3) is 0.433. The fourth-order valence-corrected chi connectivity index (χ4v) is 7.22. The average molecular weight is 634 g/mol. The van der Waals surface area contributed by atoms with Crippen molar-refractivity contribution in [2.24, 2.45) is 5.92 Å². The number of hydrogen-bond donors (Lipinski definition) is 1. The van der Waals surface area contributed by atoms with Gasteiger partial charge in [0.2, 0.25) is 10.0 Å². The van der Waals surface area contributed by atoms with E-state index < -0.39 is 42.8 Å². The summed E-state index contributed by atoms with van der Waals surface area (Å²) in [6.45, 7) is 5.68. The van der Waals surface area contributed by atoms with Gasteiger partial charge in [0.15, 0.2) is 0 Å². The predicted octanol–water partition coefficient (Wildman–Crippen LogP) is 5.59. The number of sulfonamides is 1. The minimum atomic E-state index is -4.36. The van der Waals surface area contributed by atoms with Gasteiger partial charge in [-0.15, -0.1) is 0 Å². The topological polar surface area (TPSA) is 124 Å². The first-order valence-electron chi connectivity index (χ1n) is 14.1. The van der Waals surface area contributed by atoms with E-state index in [1.54, 1.807) is 26.8 Å². The number of nitrogens with zero attached hydrogens (tertiary/aromatic N) is 2. The highest BCUT2D eigenvalue weighted by molar-refractivity contribution is 7.93. The van der Waals surface area contributed by atoms with E-state index in [4.69, 9.17) is 9.47 Å². The number of nitrogens with one attached hydrogen (secondary N) is 1. The van der Waals surface area contributed by atoms with Crippen molar-refractivity contribution in [3.8, 4) is 17.0 Å². The molecule has 0 spiro atoms. The Morgan fingerprint density at radius 2 is 1.77 bits per heavy atom. The van der Waals surface area contributed by atoms with E-state index in [2.05, 4.69) is 4.72 Å². The molecule has 232 valence electrons. The van der Waals surface area contributed by atoms with Crippen molar-refractivity contribution in [2.75, 3.05) is 18.4 Å². The Balaban J connectivity index is 1.51. The molecule has 0 bridgehead atoms. The first-order chi connectivity index (χ1) is 20.1. The molecule has 0 radical (unpaired) electrons. The zero-order valence-corrected chi connectivity index (χ0v) is 26.2. The molecule has 2 saturated carbocycles. The van der Waals surface area contributed by atoms with Crippen molar-refractivity contribution in [2.45, 2.75) is 68.7 Å². The van der Waals surface area contributed by atoms with Gasteiger partial charge >= 0.3 is 6.09 Å². The van der Waals surface area contributed by atoms with Gasteiger partial charge in [-0.05, 0) is 94.3 Å². The molecule has 3 aromatic rings. The monoisotopic (exact) mass is 633 g/mol. The SMILES string of the molecule is CN(Cc1cc(-c2ccc(OCC3CC3)cc2F)n(S(=O)(=O)c2cccc(NS(=O)(=O)C3CC3)c2)c1)C(=O)OC(C)(C)C. The van der Waals surface area contributed by atoms with Gasteiger partial charge in [0.05, 0.1) is 29.0 Å². The maximum Gasteiger partial charge on any atom is 0.410 e. The molecular weight excluding hydrogens is 597 g/mol. The molecule has 2 aromatic carbocycles. The average Bonchev–Trinajstić information content (AvgIpc) is 3.84. The van der Waals surface area contributed by atoms with Crippen LogP contribution in [0.4, 0.5) is 14.9 Å². The lowest BCUT2D eigenvalue weighted by Crippen LogP contribution is -2.33. The van der Waals surface area contributed by atoms with Crippen LogP contribution in [0, 0.1) is 11.7 Å². The summed E-state index contributed by atoms with van der Waals surface area (Å²) in [6.07, 6.45) is 3.98. The quantitative estimate of drug-likeness (QED) is 0.292. The molecule has 2 aliphatic carbocycles. The molecule has 0 aliphatic heterocycles. The zero-order valence-electron chi connectivity index (χ0n) is 24.5. The number of rotatable bonds is 11. The molecule has 1 aromatic heterocycles. The van der Waals surface area contributed by atoms with E-state index in [0.717, 1.165) is 16.8 Å². The summed E-state index contributed by atoms with van der Waals surface area (Å²) in [5, 5.41) is -0.493. The Bertz CT molecular complexity index is 1740. The molecule has 2 aliphatic rings. The summed E-state index contributed by atoms with van der Waals surface area (Å²) < 4.78 is 83.0. The summed E-state index contributed by atoms with van der Waals surface area (Å²) in [6, 6.07) is 11.2. The van der Waals surface area contributed by atoms with Crippen molar-refractivity contribution in [3.63, 3.8) is 0 Å². The van der Waals surface area contributed by atoms with Crippen LogP contribution >= 0.6 is 0 Å². The van der Waals surface area contributed by atoms with E-state index in [9.17, 15) is 21.6 Å². The van der Waals surface area contributed by atoms with Gasteiger partial charge in [-0.2, -0.15) is 0 Å². The number of halogens is 1. The van der Waals surface area contributed by atoms with Crippen molar-refractivity contribution >= 4 is 31.8 Å². The van der Waals surface area contributed by atoms with Gasteiger partial charge in [-0.25, -0.2) is 30.0 Å². The Morgan fingerprint density at radius 1 is 1.05 bits per heavy atom. The van der Waals surface area contributed by atoms with Gasteiger partial charge in [-0.3, -0.25) is 4.72 Å². The van der Waals surface area contributed by atoms with Gasteiger partial charge in [0, 0.05) is 30.6 Å². The van der Waals surface area contributed by atoms with Gasteiger partial charge in [-0.1, -0.05) is 6.07 Å². The summed E-state index contributed by atoms with van der Waals surface area (Å²) in [5.41, 5.74) is -0.174. The van der Waals surface area contributed by atoms with Crippen LogP contribution in [0.3, 0.4) is 0 Å². The second kappa shape index (κ2) is 11.5. The van der Waals surface area contributed by atoms with Crippen LogP contribution in [0.2, 0.25) is 0 Å². The number of carbonyl (C=O) groups is 1. The maximum atomic E-state index is 15.5. The van der Waals surface area contributed by atoms with Gasteiger partial charge in [0.25, 0.3) is 10.0 Å². The lowest BCUT2D eigenvalue weighted by molar-refractivity contribution is 0.0285. The third-order valence-electron chi connectivity index (χ3n) is 6.98. The summed E-state index contributed by atoms with van der Waals surface area (Å²) in [4.78, 5) is 13.7. The largest absolute Gasteiger partial charge is 0.493 e. The Kier molecular flexibility index (Phi) is 8.25. The molecule has 1 N–H and O–H groups in total. The zero-order chi connectivity index (χ0) is 31.2. The van der Waals surface area contributed by atoms with Crippen LogP contribution in [0.25, 0.3) is 11.3 Å². The van der Waals surface area contributed by atoms with E-state index >= 15 is 4.39 Å². The van der Waals surface area contributed by atoms with Crippen molar-refractivity contribution in [3.05, 3.63) is 66.1 Å². The Morgan fingerprint density at radius 3 is 2.40 bits per heavy atom. The first-order valence-corrected chi connectivity index (χ1v) is 17.1. The first kappa shape index (κ1) is 30.9. The van der Waals surface area contributed by atoms with Crippen molar-refractivity contribution < 1.29 is 35.5 Å². The number of hydrogen-bond acceptors (Lipinski definition) is 7. The molecule has 5 rings (SSSR count). The van der Waals surface area contributed by atoms with Crippen LogP contribution in [-0.2, 0) is 31.3 Å². The molecule has 0 unspecified atom stereocenters. The second-order valence-corrected chi connectivity index (χ2v) is 15.9. The summed E-state index contributed by atoms with van der Waals surface area (Å²) >= 11 is 0. The van der Waals surface area contributed by atoms with Crippen molar-refractivity contribution in [1.82, 2.24) is 8.87 Å². The number of carbonyl (C=O) groups excluding carboxylic acids is 1. The van der Waals surface area contributed by atoms with Crippen LogP contribution in [0.15, 0.2) is 59.6 Å². The molecule has 43 heavy (non-hydrogen) atoms. The minimum Gasteiger partial charge on any atom is -0.493 e. The Hall–Kier alpha value is -3.58. The van der Waals surface area contributed by atoms with E-state index in [0.29, 0.717) is 36.7 Å². The van der Waals surface area contributed by atoms with E-state index in [1.165, 1.54) is 60.6 Å². The summed E-state index contributed by atoms with van der Waals surface area (Å²) in [5.74, 6) is 0.134. The van der Waals surface area contributed by atoms with Crippen LogP contribution in [0.1, 0.15) is 52.0 Å². The lowest BCUT2D eigenvalue weighted by Gasteiger charge is -2.24. The van der Waals surface area contributed by atoms with Crippen LogP contribution in [0.5, 0.6) is 5.75 Å².